The molecule has 0 atom stereocenters. The highest BCUT2D eigenvalue weighted by Gasteiger charge is 2.19. The molecule has 16 heteroatoms. The summed E-state index contributed by atoms with van der Waals surface area (Å²) < 4.78 is 35.0. The molecule has 0 fully saturated rings. The number of carbonyl (C=O) groups excluding carboxylic acids is 5. The van der Waals surface area contributed by atoms with Gasteiger partial charge in [0.25, 0.3) is 5.91 Å². The van der Waals surface area contributed by atoms with Crippen molar-refractivity contribution in [3.8, 4) is 23.0 Å². The van der Waals surface area contributed by atoms with Crippen molar-refractivity contribution in [2.24, 2.45) is 5.73 Å². The number of nitrogens with zero attached hydrogens (tertiary/aromatic N) is 1. The lowest BCUT2D eigenvalue weighted by atomic mass is 10.1. The number of thiophene rings is 2. The van der Waals surface area contributed by atoms with Crippen LogP contribution in [-0.4, -0.2) is 94.8 Å². The molecule has 4 aromatic rings. The predicted octanol–water partition coefficient (Wildman–Crippen LogP) is 4.93. The van der Waals surface area contributed by atoms with Gasteiger partial charge in [0, 0.05) is 48.0 Å². The molecule has 0 aliphatic carbocycles. The maximum atomic E-state index is 13.0. The minimum Gasteiger partial charge on any atom is -0.493 e. The van der Waals surface area contributed by atoms with E-state index in [9.17, 15) is 24.0 Å². The van der Waals surface area contributed by atoms with E-state index in [-0.39, 0.29) is 82.5 Å². The SMILES string of the molecule is CCOC(=O)CCC(=O)c1cc2cc(OCCCOc3cc4cc(C(=O)N(C)CCC(=O)OCC)sc4cc3OC)c(OCNC(=O)CN)cc2s1. The molecule has 0 saturated heterocycles. The molecule has 0 bridgehead atoms. The molecule has 4 rings (SSSR count). The third-order valence-corrected chi connectivity index (χ3v) is 9.75. The van der Waals surface area contributed by atoms with Gasteiger partial charge in [0.1, 0.15) is 0 Å². The van der Waals surface area contributed by atoms with Gasteiger partial charge in [0.2, 0.25) is 5.91 Å². The fourth-order valence-electron chi connectivity index (χ4n) is 4.88. The molecular formula is C36H43N3O11S2. The molecule has 0 saturated carbocycles. The Labute approximate surface area is 309 Å². The maximum absolute atomic E-state index is 13.0. The number of Topliss-reactive ketones (excluding diaryl/α,β-unsaturated/α-hetero) is 1. The van der Waals surface area contributed by atoms with E-state index >= 15 is 0 Å². The number of nitrogens with two attached hydrogens (primary N) is 1. The fraction of sp³-hybridized carbons (Fsp3) is 0.417. The molecule has 0 radical (unpaired) electrons. The number of ether oxygens (including phenoxy) is 6. The van der Waals surface area contributed by atoms with Crippen LogP contribution >= 0.6 is 22.7 Å². The minimum absolute atomic E-state index is 0.00231. The van der Waals surface area contributed by atoms with Crippen LogP contribution in [0.25, 0.3) is 20.2 Å². The Morgan fingerprint density at radius 2 is 1.29 bits per heavy atom. The summed E-state index contributed by atoms with van der Waals surface area (Å²) in [7, 11) is 3.18. The Bertz CT molecular complexity index is 1890. The normalized spacial score (nSPS) is 10.9. The van der Waals surface area contributed by atoms with Crippen LogP contribution in [0.2, 0.25) is 0 Å². The largest absolute Gasteiger partial charge is 0.493 e. The van der Waals surface area contributed by atoms with Crippen molar-refractivity contribution in [3.05, 3.63) is 46.2 Å². The van der Waals surface area contributed by atoms with Crippen LogP contribution in [0, 0.1) is 0 Å². The second-order valence-electron chi connectivity index (χ2n) is 11.3. The van der Waals surface area contributed by atoms with E-state index in [2.05, 4.69) is 5.32 Å². The van der Waals surface area contributed by atoms with Crippen LogP contribution in [0.15, 0.2) is 36.4 Å². The average Bonchev–Trinajstić information content (AvgIpc) is 3.75. The summed E-state index contributed by atoms with van der Waals surface area (Å²) in [5.41, 5.74) is 5.38. The Morgan fingerprint density at radius 1 is 0.731 bits per heavy atom. The first-order valence-electron chi connectivity index (χ1n) is 16.7. The molecular weight excluding hydrogens is 715 g/mol. The van der Waals surface area contributed by atoms with E-state index in [4.69, 9.17) is 34.2 Å². The zero-order valence-corrected chi connectivity index (χ0v) is 31.2. The highest BCUT2D eigenvalue weighted by atomic mass is 32.1. The number of ketones is 1. The number of rotatable bonds is 21. The summed E-state index contributed by atoms with van der Waals surface area (Å²) in [5, 5.41) is 4.12. The summed E-state index contributed by atoms with van der Waals surface area (Å²) in [6, 6.07) is 10.7. The number of benzene rings is 2. The number of hydrogen-bond donors (Lipinski definition) is 2. The number of nitrogens with one attached hydrogen (secondary N) is 1. The highest BCUT2D eigenvalue weighted by molar-refractivity contribution is 7.21. The monoisotopic (exact) mass is 757 g/mol. The number of amides is 2. The number of hydrogen-bond acceptors (Lipinski definition) is 14. The van der Waals surface area contributed by atoms with Crippen LogP contribution in [0.4, 0.5) is 0 Å². The highest BCUT2D eigenvalue weighted by Crippen LogP contribution is 2.39. The number of methoxy groups -OCH3 is 1. The van der Waals surface area contributed by atoms with E-state index in [0.29, 0.717) is 45.8 Å². The van der Waals surface area contributed by atoms with Crippen molar-refractivity contribution >= 4 is 72.4 Å². The van der Waals surface area contributed by atoms with Gasteiger partial charge in [-0.2, -0.15) is 0 Å². The van der Waals surface area contributed by atoms with Gasteiger partial charge in [-0.05, 0) is 48.9 Å². The van der Waals surface area contributed by atoms with Crippen molar-refractivity contribution in [1.82, 2.24) is 10.2 Å². The summed E-state index contributed by atoms with van der Waals surface area (Å²) >= 11 is 2.59. The topological polar surface area (TPSA) is 182 Å². The third kappa shape index (κ3) is 11.0. The van der Waals surface area contributed by atoms with Gasteiger partial charge < -0.3 is 44.4 Å². The van der Waals surface area contributed by atoms with E-state index in [1.165, 1.54) is 34.7 Å². The molecule has 2 heterocycles. The molecule has 280 valence electrons. The lowest BCUT2D eigenvalue weighted by molar-refractivity contribution is -0.144. The second-order valence-corrected chi connectivity index (χ2v) is 13.4. The Balaban J connectivity index is 1.40. The molecule has 0 aliphatic rings. The smallest absolute Gasteiger partial charge is 0.307 e. The molecule has 2 aromatic heterocycles. The first kappa shape index (κ1) is 39.8. The van der Waals surface area contributed by atoms with E-state index in [1.54, 1.807) is 45.2 Å². The van der Waals surface area contributed by atoms with Gasteiger partial charge in [-0.3, -0.25) is 24.0 Å². The summed E-state index contributed by atoms with van der Waals surface area (Å²) in [4.78, 5) is 63.4. The molecule has 2 aromatic carbocycles. The van der Waals surface area contributed by atoms with Gasteiger partial charge in [-0.25, -0.2) is 0 Å². The van der Waals surface area contributed by atoms with Gasteiger partial charge in [-0.15, -0.1) is 22.7 Å². The van der Waals surface area contributed by atoms with Gasteiger partial charge in [0.05, 0.1) is 62.7 Å². The van der Waals surface area contributed by atoms with Gasteiger partial charge in [0.15, 0.2) is 35.5 Å². The number of carbonyl (C=O) groups is 5. The van der Waals surface area contributed by atoms with Gasteiger partial charge >= 0.3 is 11.9 Å². The predicted molar refractivity (Wildman–Crippen MR) is 197 cm³/mol. The van der Waals surface area contributed by atoms with Crippen molar-refractivity contribution < 1.29 is 52.4 Å². The molecule has 52 heavy (non-hydrogen) atoms. The quantitative estimate of drug-likeness (QED) is 0.0507. The Morgan fingerprint density at radius 3 is 1.90 bits per heavy atom. The second kappa shape index (κ2) is 19.6. The van der Waals surface area contributed by atoms with Crippen LogP contribution in [0.1, 0.15) is 58.9 Å². The summed E-state index contributed by atoms with van der Waals surface area (Å²) in [5.74, 6) is 0.232. The molecule has 2 amide bonds. The zero-order chi connectivity index (χ0) is 37.6. The molecule has 3 N–H and O–H groups in total. The maximum Gasteiger partial charge on any atom is 0.307 e. The number of esters is 2. The Hall–Kier alpha value is -4.93. The van der Waals surface area contributed by atoms with Crippen LogP contribution in [-0.2, 0) is 23.9 Å². The summed E-state index contributed by atoms with van der Waals surface area (Å²) in [6.07, 6.45) is 0.616. The average molecular weight is 758 g/mol. The lowest BCUT2D eigenvalue weighted by Crippen LogP contribution is -2.33. The minimum atomic E-state index is -0.424. The molecule has 14 nitrogen and oxygen atoms in total. The molecule has 0 aliphatic heterocycles. The van der Waals surface area contributed by atoms with Crippen LogP contribution in [0.5, 0.6) is 23.0 Å². The van der Waals surface area contributed by atoms with Crippen molar-refractivity contribution in [1.29, 1.82) is 0 Å². The summed E-state index contributed by atoms with van der Waals surface area (Å²) in [6.45, 7) is 4.42. The van der Waals surface area contributed by atoms with E-state index in [1.807, 2.05) is 12.1 Å². The fourth-order valence-corrected chi connectivity index (χ4v) is 6.99. The third-order valence-electron chi connectivity index (χ3n) is 7.52. The van der Waals surface area contributed by atoms with Gasteiger partial charge in [-0.1, -0.05) is 0 Å². The van der Waals surface area contributed by atoms with Crippen LogP contribution < -0.4 is 30.0 Å². The van der Waals surface area contributed by atoms with Crippen molar-refractivity contribution in [3.63, 3.8) is 0 Å². The van der Waals surface area contributed by atoms with Crippen molar-refractivity contribution in [2.75, 3.05) is 60.4 Å². The Kier molecular flexibility index (Phi) is 15.0. The zero-order valence-electron chi connectivity index (χ0n) is 29.6. The van der Waals surface area contributed by atoms with Crippen LogP contribution in [0.3, 0.4) is 0 Å². The first-order chi connectivity index (χ1) is 25.1. The van der Waals surface area contributed by atoms with E-state index < -0.39 is 5.97 Å². The molecule has 0 spiro atoms. The number of fused-ring (bicyclic) bond motifs is 2. The lowest BCUT2D eigenvalue weighted by Gasteiger charge is -2.15. The standard InChI is InChI=1S/C36H43N3O11S2/c1-5-46-34(42)9-8-24(40)31-16-22-15-27(28(19-30(22)51-31)50-21-38-33(41)20-37)49-13-7-12-48-26-14-23-17-32(52-29(23)18-25(26)45-4)36(44)39(3)11-10-35(43)47-6-2/h14-19H,5-13,20-21,37H2,1-4H3,(H,38,41). The van der Waals surface area contributed by atoms with E-state index in [0.717, 1.165) is 20.2 Å². The van der Waals surface area contributed by atoms with Crippen molar-refractivity contribution in [2.45, 2.75) is 39.5 Å². The first-order valence-corrected chi connectivity index (χ1v) is 18.3. The molecule has 0 unspecified atom stereocenters.